The minimum Gasteiger partial charge on any atom is -0.484 e. The Balaban J connectivity index is 1.46. The third-order valence-corrected chi connectivity index (χ3v) is 5.06. The monoisotopic (exact) mass is 397 g/mol. The molecule has 0 aliphatic carbocycles. The molecular formula is C21H20ClN3O3. The van der Waals surface area contributed by atoms with Gasteiger partial charge in [-0.1, -0.05) is 47.1 Å². The third-order valence-electron chi connectivity index (χ3n) is 4.83. The fraction of sp³-hybridized carbons (Fsp3) is 0.286. The SMILES string of the molecule is Cc1ccccc1OCC(=O)N1CCC[C@H]1c1nc(-c2cccc(Cl)c2)no1. The zero-order valence-electron chi connectivity index (χ0n) is 15.5. The van der Waals surface area contributed by atoms with Crippen LogP contribution in [0.3, 0.4) is 0 Å². The first-order valence-corrected chi connectivity index (χ1v) is 9.57. The molecule has 1 aliphatic rings. The molecular weight excluding hydrogens is 378 g/mol. The van der Waals surface area contributed by atoms with E-state index in [0.29, 0.717) is 29.0 Å². The van der Waals surface area contributed by atoms with Crippen molar-refractivity contribution in [1.82, 2.24) is 15.0 Å². The molecule has 0 bridgehead atoms. The Morgan fingerprint density at radius 1 is 1.29 bits per heavy atom. The third kappa shape index (κ3) is 3.87. The summed E-state index contributed by atoms with van der Waals surface area (Å²) in [6.07, 6.45) is 1.67. The van der Waals surface area contributed by atoms with E-state index in [1.165, 1.54) is 0 Å². The molecule has 7 heteroatoms. The lowest BCUT2D eigenvalue weighted by molar-refractivity contribution is -0.134. The molecule has 0 saturated carbocycles. The highest BCUT2D eigenvalue weighted by atomic mass is 35.5. The molecule has 6 nitrogen and oxygen atoms in total. The summed E-state index contributed by atoms with van der Waals surface area (Å²) in [5, 5.41) is 4.66. The van der Waals surface area contributed by atoms with Crippen LogP contribution >= 0.6 is 11.6 Å². The van der Waals surface area contributed by atoms with Crippen LogP contribution in [0, 0.1) is 6.92 Å². The van der Waals surface area contributed by atoms with Gasteiger partial charge in [-0.2, -0.15) is 4.98 Å². The number of benzene rings is 2. The number of amides is 1. The summed E-state index contributed by atoms with van der Waals surface area (Å²) in [4.78, 5) is 19.0. The Bertz CT molecular complexity index is 988. The van der Waals surface area contributed by atoms with Gasteiger partial charge < -0.3 is 14.2 Å². The van der Waals surface area contributed by atoms with E-state index in [-0.39, 0.29) is 18.6 Å². The number of carbonyl (C=O) groups excluding carboxylic acids is 1. The van der Waals surface area contributed by atoms with E-state index in [9.17, 15) is 4.79 Å². The molecule has 2 heterocycles. The van der Waals surface area contributed by atoms with Gasteiger partial charge in [-0.15, -0.1) is 0 Å². The number of hydrogen-bond donors (Lipinski definition) is 0. The second kappa shape index (κ2) is 8.02. The summed E-state index contributed by atoms with van der Waals surface area (Å²) in [5.41, 5.74) is 1.78. The molecule has 1 saturated heterocycles. The molecule has 3 aromatic rings. The van der Waals surface area contributed by atoms with E-state index in [0.717, 1.165) is 24.0 Å². The van der Waals surface area contributed by atoms with Gasteiger partial charge in [0.2, 0.25) is 11.7 Å². The summed E-state index contributed by atoms with van der Waals surface area (Å²) in [6.45, 7) is 2.58. The number of halogens is 1. The average Bonchev–Trinajstić information content (AvgIpc) is 3.36. The predicted octanol–water partition coefficient (Wildman–Crippen LogP) is 4.44. The van der Waals surface area contributed by atoms with E-state index in [4.69, 9.17) is 20.9 Å². The van der Waals surface area contributed by atoms with Gasteiger partial charge in [0.05, 0.1) is 0 Å². The number of para-hydroxylation sites is 1. The number of likely N-dealkylation sites (tertiary alicyclic amines) is 1. The number of aryl methyl sites for hydroxylation is 1. The zero-order valence-corrected chi connectivity index (χ0v) is 16.2. The number of nitrogens with zero attached hydrogens (tertiary/aromatic N) is 3. The highest BCUT2D eigenvalue weighted by Crippen LogP contribution is 2.32. The first-order valence-electron chi connectivity index (χ1n) is 9.19. The topological polar surface area (TPSA) is 68.5 Å². The van der Waals surface area contributed by atoms with Crippen LogP contribution in [0.5, 0.6) is 5.75 Å². The van der Waals surface area contributed by atoms with Gasteiger partial charge >= 0.3 is 0 Å². The maximum absolute atomic E-state index is 12.7. The normalized spacial score (nSPS) is 16.4. The molecule has 1 fully saturated rings. The molecule has 2 aromatic carbocycles. The van der Waals surface area contributed by atoms with Gasteiger partial charge in [0.15, 0.2) is 6.61 Å². The highest BCUT2D eigenvalue weighted by molar-refractivity contribution is 6.30. The number of carbonyl (C=O) groups is 1. The zero-order chi connectivity index (χ0) is 19.5. The summed E-state index contributed by atoms with van der Waals surface area (Å²) < 4.78 is 11.2. The summed E-state index contributed by atoms with van der Waals surface area (Å²) in [5.74, 6) is 1.53. The summed E-state index contributed by atoms with van der Waals surface area (Å²) in [6, 6.07) is 14.7. The molecule has 1 aromatic heterocycles. The number of ether oxygens (including phenoxy) is 1. The Hall–Kier alpha value is -2.86. The van der Waals surface area contributed by atoms with Crippen LogP contribution in [-0.4, -0.2) is 34.1 Å². The lowest BCUT2D eigenvalue weighted by Gasteiger charge is -2.22. The highest BCUT2D eigenvalue weighted by Gasteiger charge is 2.34. The maximum Gasteiger partial charge on any atom is 0.261 e. The molecule has 1 atom stereocenters. The van der Waals surface area contributed by atoms with Crippen molar-refractivity contribution in [3.05, 3.63) is 65.0 Å². The van der Waals surface area contributed by atoms with Crippen LogP contribution in [0.1, 0.15) is 30.3 Å². The van der Waals surface area contributed by atoms with Crippen molar-refractivity contribution in [2.45, 2.75) is 25.8 Å². The molecule has 0 radical (unpaired) electrons. The van der Waals surface area contributed by atoms with Crippen molar-refractivity contribution in [1.29, 1.82) is 0 Å². The Morgan fingerprint density at radius 2 is 2.14 bits per heavy atom. The van der Waals surface area contributed by atoms with Gasteiger partial charge in [0.1, 0.15) is 11.8 Å². The largest absolute Gasteiger partial charge is 0.484 e. The summed E-state index contributed by atoms with van der Waals surface area (Å²) >= 11 is 6.04. The van der Waals surface area contributed by atoms with E-state index in [2.05, 4.69) is 10.1 Å². The molecule has 0 spiro atoms. The Morgan fingerprint density at radius 3 is 2.96 bits per heavy atom. The second-order valence-electron chi connectivity index (χ2n) is 6.77. The van der Waals surface area contributed by atoms with Crippen molar-refractivity contribution in [2.24, 2.45) is 0 Å². The van der Waals surface area contributed by atoms with Crippen molar-refractivity contribution >= 4 is 17.5 Å². The van der Waals surface area contributed by atoms with Crippen molar-refractivity contribution in [2.75, 3.05) is 13.2 Å². The average molecular weight is 398 g/mol. The predicted molar refractivity (Wildman–Crippen MR) is 105 cm³/mol. The van der Waals surface area contributed by atoms with Crippen LogP contribution in [0.2, 0.25) is 5.02 Å². The van der Waals surface area contributed by atoms with Crippen LogP contribution in [0.4, 0.5) is 0 Å². The van der Waals surface area contributed by atoms with Crippen LogP contribution in [0.25, 0.3) is 11.4 Å². The van der Waals surface area contributed by atoms with Crippen molar-refractivity contribution in [3.8, 4) is 17.1 Å². The smallest absolute Gasteiger partial charge is 0.261 e. The minimum atomic E-state index is -0.228. The van der Waals surface area contributed by atoms with Crippen molar-refractivity contribution in [3.63, 3.8) is 0 Å². The fourth-order valence-corrected chi connectivity index (χ4v) is 3.57. The number of rotatable bonds is 5. The first kappa shape index (κ1) is 18.5. The van der Waals surface area contributed by atoms with Gasteiger partial charge in [0.25, 0.3) is 5.91 Å². The minimum absolute atomic E-state index is 0.0172. The standard InChI is InChI=1S/C21H20ClN3O3/c1-14-6-2-3-10-18(14)27-13-19(26)25-11-5-9-17(25)21-23-20(24-28-21)15-7-4-8-16(22)12-15/h2-4,6-8,10,12,17H,5,9,11,13H2,1H3/t17-/m0/s1. The molecule has 0 unspecified atom stereocenters. The summed E-state index contributed by atoms with van der Waals surface area (Å²) in [7, 11) is 0. The van der Waals surface area contributed by atoms with Gasteiger partial charge in [-0.3, -0.25) is 4.79 Å². The molecule has 4 rings (SSSR count). The Labute approximate surface area is 168 Å². The fourth-order valence-electron chi connectivity index (χ4n) is 3.38. The van der Waals surface area contributed by atoms with E-state index >= 15 is 0 Å². The maximum atomic E-state index is 12.7. The molecule has 1 aliphatic heterocycles. The van der Waals surface area contributed by atoms with Crippen LogP contribution < -0.4 is 4.74 Å². The van der Waals surface area contributed by atoms with E-state index < -0.39 is 0 Å². The van der Waals surface area contributed by atoms with Gasteiger partial charge in [0, 0.05) is 17.1 Å². The first-order chi connectivity index (χ1) is 13.6. The molecule has 1 amide bonds. The Kier molecular flexibility index (Phi) is 5.30. The number of aromatic nitrogens is 2. The quantitative estimate of drug-likeness (QED) is 0.636. The van der Waals surface area contributed by atoms with Crippen molar-refractivity contribution < 1.29 is 14.1 Å². The molecule has 28 heavy (non-hydrogen) atoms. The molecule has 0 N–H and O–H groups in total. The number of hydrogen-bond acceptors (Lipinski definition) is 5. The van der Waals surface area contributed by atoms with Crippen LogP contribution in [0.15, 0.2) is 53.1 Å². The lowest BCUT2D eigenvalue weighted by atomic mass is 10.2. The van der Waals surface area contributed by atoms with E-state index in [1.807, 2.05) is 43.3 Å². The van der Waals surface area contributed by atoms with Gasteiger partial charge in [-0.25, -0.2) is 0 Å². The van der Waals surface area contributed by atoms with Gasteiger partial charge in [-0.05, 0) is 43.5 Å². The lowest BCUT2D eigenvalue weighted by Crippen LogP contribution is -2.34. The van der Waals surface area contributed by atoms with Crippen LogP contribution in [-0.2, 0) is 4.79 Å². The van der Waals surface area contributed by atoms with E-state index in [1.54, 1.807) is 17.0 Å². The second-order valence-corrected chi connectivity index (χ2v) is 7.20. The molecule has 144 valence electrons.